The van der Waals surface area contributed by atoms with Crippen LogP contribution in [0, 0.1) is 0 Å². The zero-order valence-electron chi connectivity index (χ0n) is 10.0. The van der Waals surface area contributed by atoms with E-state index in [1.807, 2.05) is 28.9 Å². The summed E-state index contributed by atoms with van der Waals surface area (Å²) in [5.74, 6) is 1.76. The van der Waals surface area contributed by atoms with Crippen LogP contribution >= 0.6 is 11.6 Å². The number of hydrogen-bond acceptors (Lipinski definition) is 3. The molecular formula is C13H15ClN4. The summed E-state index contributed by atoms with van der Waals surface area (Å²) < 4.78 is 1.94. The number of nitrogens with two attached hydrogens (primary N) is 1. The minimum atomic E-state index is 0.0326. The molecule has 1 aromatic carbocycles. The minimum absolute atomic E-state index is 0.0326. The van der Waals surface area contributed by atoms with Crippen LogP contribution in [0.25, 0.3) is 0 Å². The van der Waals surface area contributed by atoms with Gasteiger partial charge in [-0.25, -0.2) is 9.67 Å². The number of benzene rings is 1. The summed E-state index contributed by atoms with van der Waals surface area (Å²) in [4.78, 5) is 4.54. The topological polar surface area (TPSA) is 56.7 Å². The van der Waals surface area contributed by atoms with Crippen molar-refractivity contribution in [2.45, 2.75) is 31.8 Å². The molecule has 4 nitrogen and oxygen atoms in total. The molecule has 2 N–H and O–H groups in total. The smallest absolute Gasteiger partial charge is 0.155 e. The molecule has 2 heterocycles. The maximum atomic E-state index is 6.03. The van der Waals surface area contributed by atoms with Gasteiger partial charge in [0.25, 0.3) is 0 Å². The van der Waals surface area contributed by atoms with Crippen LogP contribution in [-0.2, 0) is 13.0 Å². The fourth-order valence-electron chi connectivity index (χ4n) is 2.29. The Kier molecular flexibility index (Phi) is 3.06. The second-order valence-electron chi connectivity index (χ2n) is 4.66. The molecule has 0 fully saturated rings. The summed E-state index contributed by atoms with van der Waals surface area (Å²) in [6.07, 6.45) is 2.81. The van der Waals surface area contributed by atoms with Crippen molar-refractivity contribution in [2.24, 2.45) is 5.73 Å². The zero-order chi connectivity index (χ0) is 12.5. The van der Waals surface area contributed by atoms with Crippen LogP contribution in [0.5, 0.6) is 0 Å². The summed E-state index contributed by atoms with van der Waals surface area (Å²) >= 11 is 5.86. The Morgan fingerprint density at radius 1 is 1.33 bits per heavy atom. The number of nitrogens with zero attached hydrogens (tertiary/aromatic N) is 3. The van der Waals surface area contributed by atoms with Crippen LogP contribution in [0.2, 0.25) is 5.02 Å². The van der Waals surface area contributed by atoms with Gasteiger partial charge in [-0.05, 0) is 30.5 Å². The summed E-state index contributed by atoms with van der Waals surface area (Å²) in [6.45, 7) is 0.927. The Hall–Kier alpha value is -1.39. The second kappa shape index (κ2) is 4.71. The van der Waals surface area contributed by atoms with Gasteiger partial charge in [0.1, 0.15) is 5.82 Å². The first kappa shape index (κ1) is 11.7. The van der Waals surface area contributed by atoms with Gasteiger partial charge in [-0.1, -0.05) is 23.7 Å². The molecule has 1 aromatic heterocycles. The molecule has 1 aliphatic heterocycles. The predicted molar refractivity (Wildman–Crippen MR) is 70.4 cm³/mol. The van der Waals surface area contributed by atoms with Crippen molar-refractivity contribution in [1.29, 1.82) is 0 Å². The van der Waals surface area contributed by atoms with Crippen molar-refractivity contribution in [3.05, 3.63) is 46.5 Å². The van der Waals surface area contributed by atoms with Gasteiger partial charge in [0.05, 0.1) is 6.04 Å². The molecule has 0 bridgehead atoms. The maximum absolute atomic E-state index is 6.03. The van der Waals surface area contributed by atoms with Gasteiger partial charge in [0.15, 0.2) is 5.82 Å². The number of aromatic nitrogens is 3. The third-order valence-corrected chi connectivity index (χ3v) is 3.49. The van der Waals surface area contributed by atoms with Gasteiger partial charge in [-0.15, -0.1) is 0 Å². The Labute approximate surface area is 111 Å². The standard InChI is InChI=1S/C13H15ClN4/c14-10-5-3-9(4-6-10)8-12-16-13-11(15)2-1-7-18(13)17-12/h3-6,11H,1-2,7-8,15H2. The van der Waals surface area contributed by atoms with E-state index in [0.29, 0.717) is 0 Å². The number of rotatable bonds is 2. The van der Waals surface area contributed by atoms with E-state index in [4.69, 9.17) is 17.3 Å². The van der Waals surface area contributed by atoms with Crippen molar-refractivity contribution >= 4 is 11.6 Å². The zero-order valence-corrected chi connectivity index (χ0v) is 10.8. The number of aryl methyl sites for hydroxylation is 1. The monoisotopic (exact) mass is 262 g/mol. The van der Waals surface area contributed by atoms with Crippen LogP contribution in [0.3, 0.4) is 0 Å². The first-order chi connectivity index (χ1) is 8.72. The second-order valence-corrected chi connectivity index (χ2v) is 5.10. The summed E-state index contributed by atoms with van der Waals surface area (Å²) in [6, 6.07) is 7.81. The van der Waals surface area contributed by atoms with Crippen LogP contribution in [0.4, 0.5) is 0 Å². The summed E-state index contributed by atoms with van der Waals surface area (Å²) in [5.41, 5.74) is 7.20. The molecule has 2 aromatic rings. The van der Waals surface area contributed by atoms with Crippen molar-refractivity contribution < 1.29 is 0 Å². The highest BCUT2D eigenvalue weighted by atomic mass is 35.5. The minimum Gasteiger partial charge on any atom is -0.321 e. The van der Waals surface area contributed by atoms with Crippen LogP contribution < -0.4 is 5.73 Å². The van der Waals surface area contributed by atoms with Crippen LogP contribution in [0.15, 0.2) is 24.3 Å². The molecule has 0 saturated carbocycles. The SMILES string of the molecule is NC1CCCn2nc(Cc3ccc(Cl)cc3)nc21. The van der Waals surface area contributed by atoms with Crippen LogP contribution in [0.1, 0.15) is 36.1 Å². The van der Waals surface area contributed by atoms with E-state index in [0.717, 1.165) is 48.0 Å². The lowest BCUT2D eigenvalue weighted by Gasteiger charge is -2.17. The van der Waals surface area contributed by atoms with Gasteiger partial charge in [0.2, 0.25) is 0 Å². The van der Waals surface area contributed by atoms with Gasteiger partial charge in [-0.2, -0.15) is 5.10 Å². The highest BCUT2D eigenvalue weighted by Crippen LogP contribution is 2.21. The van der Waals surface area contributed by atoms with E-state index in [-0.39, 0.29) is 6.04 Å². The van der Waals surface area contributed by atoms with Crippen molar-refractivity contribution in [3.63, 3.8) is 0 Å². The van der Waals surface area contributed by atoms with E-state index in [2.05, 4.69) is 10.1 Å². The average molecular weight is 263 g/mol. The molecule has 0 spiro atoms. The Bertz CT molecular complexity index is 547. The van der Waals surface area contributed by atoms with Crippen molar-refractivity contribution in [2.75, 3.05) is 0 Å². The van der Waals surface area contributed by atoms with E-state index in [1.54, 1.807) is 0 Å². The largest absolute Gasteiger partial charge is 0.321 e. The van der Waals surface area contributed by atoms with Crippen molar-refractivity contribution in [1.82, 2.24) is 14.8 Å². The molecule has 3 rings (SSSR count). The molecule has 1 unspecified atom stereocenters. The third kappa shape index (κ3) is 2.26. The van der Waals surface area contributed by atoms with Gasteiger partial charge >= 0.3 is 0 Å². The highest BCUT2D eigenvalue weighted by Gasteiger charge is 2.20. The number of hydrogen-bond donors (Lipinski definition) is 1. The normalized spacial score (nSPS) is 18.7. The number of halogens is 1. The van der Waals surface area contributed by atoms with Crippen molar-refractivity contribution in [3.8, 4) is 0 Å². The Balaban J connectivity index is 1.83. The molecule has 1 aliphatic rings. The lowest BCUT2D eigenvalue weighted by Crippen LogP contribution is -2.22. The van der Waals surface area contributed by atoms with E-state index >= 15 is 0 Å². The third-order valence-electron chi connectivity index (χ3n) is 3.24. The average Bonchev–Trinajstić information content (AvgIpc) is 2.76. The fraction of sp³-hybridized carbons (Fsp3) is 0.385. The lowest BCUT2D eigenvalue weighted by atomic mass is 10.1. The predicted octanol–water partition coefficient (Wildman–Crippen LogP) is 2.32. The first-order valence-electron chi connectivity index (χ1n) is 6.16. The molecule has 0 radical (unpaired) electrons. The molecule has 18 heavy (non-hydrogen) atoms. The highest BCUT2D eigenvalue weighted by molar-refractivity contribution is 6.30. The molecule has 94 valence electrons. The Morgan fingerprint density at radius 2 is 2.11 bits per heavy atom. The maximum Gasteiger partial charge on any atom is 0.155 e. The van der Waals surface area contributed by atoms with E-state index < -0.39 is 0 Å². The lowest BCUT2D eigenvalue weighted by molar-refractivity contribution is 0.421. The first-order valence-corrected chi connectivity index (χ1v) is 6.54. The molecular weight excluding hydrogens is 248 g/mol. The summed E-state index contributed by atoms with van der Waals surface area (Å²) in [7, 11) is 0. The molecule has 0 saturated heterocycles. The van der Waals surface area contributed by atoms with E-state index in [1.165, 1.54) is 0 Å². The quantitative estimate of drug-likeness (QED) is 0.904. The van der Waals surface area contributed by atoms with Gasteiger partial charge in [0, 0.05) is 18.0 Å². The fourth-order valence-corrected chi connectivity index (χ4v) is 2.42. The number of fused-ring (bicyclic) bond motifs is 1. The van der Waals surface area contributed by atoms with Crippen LogP contribution in [-0.4, -0.2) is 14.8 Å². The molecule has 0 aliphatic carbocycles. The van der Waals surface area contributed by atoms with E-state index in [9.17, 15) is 0 Å². The van der Waals surface area contributed by atoms with Gasteiger partial charge in [-0.3, -0.25) is 0 Å². The Morgan fingerprint density at radius 3 is 2.83 bits per heavy atom. The molecule has 1 atom stereocenters. The summed E-state index contributed by atoms with van der Waals surface area (Å²) in [5, 5.41) is 5.26. The molecule has 0 amide bonds. The molecule has 5 heteroatoms. The van der Waals surface area contributed by atoms with Gasteiger partial charge < -0.3 is 5.73 Å².